The molecule has 1 aliphatic heterocycles. The van der Waals surface area contributed by atoms with Gasteiger partial charge in [-0.05, 0) is 0 Å². The Bertz CT molecular complexity index is 284. The minimum Gasteiger partial charge on any atom is -0.480 e. The molecule has 1 amide bonds. The number of amides is 1. The molecule has 0 aliphatic carbocycles. The van der Waals surface area contributed by atoms with Gasteiger partial charge in [-0.15, -0.1) is 0 Å². The Balaban J connectivity index is 2.41. The van der Waals surface area contributed by atoms with E-state index in [-0.39, 0.29) is 25.4 Å². The van der Waals surface area contributed by atoms with Crippen molar-refractivity contribution in [3.05, 3.63) is 0 Å². The lowest BCUT2D eigenvalue weighted by Crippen LogP contribution is -2.45. The van der Waals surface area contributed by atoms with Crippen molar-refractivity contribution in [2.75, 3.05) is 33.4 Å². The molecule has 0 aromatic heterocycles. The fraction of sp³-hybridized carbons (Fsp3) is 0.800. The quantitative estimate of drug-likeness (QED) is 0.482. The molecule has 98 valence electrons. The van der Waals surface area contributed by atoms with E-state index < -0.39 is 18.1 Å². The third kappa shape index (κ3) is 3.95. The Morgan fingerprint density at radius 1 is 1.53 bits per heavy atom. The average molecular weight is 246 g/mol. The first kappa shape index (κ1) is 13.9. The van der Waals surface area contributed by atoms with Crippen LogP contribution in [0.15, 0.2) is 0 Å². The molecule has 2 atom stereocenters. The maximum atomic E-state index is 11.7. The van der Waals surface area contributed by atoms with Gasteiger partial charge in [0, 0.05) is 26.6 Å². The van der Waals surface area contributed by atoms with Crippen LogP contribution in [0.25, 0.3) is 0 Å². The zero-order valence-corrected chi connectivity index (χ0v) is 9.76. The number of nitrogens with one attached hydrogen (secondary N) is 1. The van der Waals surface area contributed by atoms with Crippen LogP contribution in [0.3, 0.4) is 0 Å². The highest BCUT2D eigenvalue weighted by atomic mass is 16.5. The molecule has 1 aliphatic rings. The summed E-state index contributed by atoms with van der Waals surface area (Å²) in [4.78, 5) is 23.8. The third-order valence-corrected chi connectivity index (χ3v) is 2.64. The molecule has 0 aromatic rings. The zero-order chi connectivity index (χ0) is 12.8. The third-order valence-electron chi connectivity index (χ3n) is 2.64. The number of likely N-dealkylation sites (tertiary alicyclic amines) is 1. The highest BCUT2D eigenvalue weighted by molar-refractivity contribution is 5.85. The number of nitrogens with zero attached hydrogens (tertiary/aromatic N) is 1. The predicted molar refractivity (Wildman–Crippen MR) is 58.5 cm³/mol. The molecule has 1 rings (SSSR count). The fourth-order valence-corrected chi connectivity index (χ4v) is 1.79. The van der Waals surface area contributed by atoms with E-state index in [2.05, 4.69) is 5.32 Å². The summed E-state index contributed by atoms with van der Waals surface area (Å²) in [6.07, 6.45) is -0.655. The number of carbonyl (C=O) groups excluding carboxylic acids is 1. The van der Waals surface area contributed by atoms with Crippen LogP contribution < -0.4 is 5.32 Å². The Morgan fingerprint density at radius 3 is 2.82 bits per heavy atom. The first-order chi connectivity index (χ1) is 8.06. The van der Waals surface area contributed by atoms with Crippen molar-refractivity contribution in [2.24, 2.45) is 0 Å². The number of hydrogen-bond donors (Lipinski definition) is 3. The summed E-state index contributed by atoms with van der Waals surface area (Å²) >= 11 is 0. The molecule has 7 heteroatoms. The summed E-state index contributed by atoms with van der Waals surface area (Å²) < 4.78 is 4.80. The van der Waals surface area contributed by atoms with Gasteiger partial charge in [0.2, 0.25) is 5.91 Å². The summed E-state index contributed by atoms with van der Waals surface area (Å²) in [6.45, 7) is 1.15. The van der Waals surface area contributed by atoms with Crippen LogP contribution >= 0.6 is 0 Å². The number of ether oxygens (including phenoxy) is 1. The summed E-state index contributed by atoms with van der Waals surface area (Å²) in [6, 6.07) is -0.915. The zero-order valence-electron chi connectivity index (χ0n) is 9.76. The Hall–Kier alpha value is -1.18. The number of carboxylic acid groups (broad SMARTS) is 1. The standard InChI is InChI=1S/C10H18N2O5/c1-17-3-2-11-5-9(14)12-6-7(13)4-8(12)10(15)16/h7-8,11,13H,2-6H2,1H3,(H,15,16)/t7-,8-/m1/s1. The predicted octanol–water partition coefficient (Wildman–Crippen LogP) is -1.73. The van der Waals surface area contributed by atoms with Crippen molar-refractivity contribution in [2.45, 2.75) is 18.6 Å². The molecule has 0 bridgehead atoms. The minimum atomic E-state index is -1.08. The lowest BCUT2D eigenvalue weighted by Gasteiger charge is -2.21. The van der Waals surface area contributed by atoms with E-state index in [1.165, 1.54) is 4.90 Å². The topological polar surface area (TPSA) is 99.1 Å². The molecule has 0 unspecified atom stereocenters. The van der Waals surface area contributed by atoms with Crippen molar-refractivity contribution in [3.8, 4) is 0 Å². The highest BCUT2D eigenvalue weighted by Gasteiger charge is 2.38. The van der Waals surface area contributed by atoms with E-state index in [0.717, 1.165) is 0 Å². The molecule has 17 heavy (non-hydrogen) atoms. The number of aliphatic carboxylic acids is 1. The molecule has 1 saturated heterocycles. The van der Waals surface area contributed by atoms with Crippen LogP contribution in [-0.2, 0) is 14.3 Å². The SMILES string of the molecule is COCCNCC(=O)N1C[C@H](O)C[C@@H]1C(=O)O. The molecule has 0 spiro atoms. The number of aliphatic hydroxyl groups excluding tert-OH is 1. The van der Waals surface area contributed by atoms with Gasteiger partial charge in [0.25, 0.3) is 0 Å². The number of β-amino-alcohol motifs (C(OH)–C–C–N with tert-alkyl or cyclic N) is 1. The second kappa shape index (κ2) is 6.53. The highest BCUT2D eigenvalue weighted by Crippen LogP contribution is 2.17. The number of hydrogen-bond acceptors (Lipinski definition) is 5. The van der Waals surface area contributed by atoms with E-state index in [4.69, 9.17) is 9.84 Å². The van der Waals surface area contributed by atoms with Crippen LogP contribution in [-0.4, -0.2) is 72.5 Å². The molecule has 7 nitrogen and oxygen atoms in total. The number of carbonyl (C=O) groups is 2. The Morgan fingerprint density at radius 2 is 2.24 bits per heavy atom. The number of rotatable bonds is 6. The molecule has 1 heterocycles. The van der Waals surface area contributed by atoms with Crippen LogP contribution in [0.2, 0.25) is 0 Å². The van der Waals surface area contributed by atoms with Gasteiger partial charge in [-0.1, -0.05) is 0 Å². The smallest absolute Gasteiger partial charge is 0.326 e. The van der Waals surface area contributed by atoms with Gasteiger partial charge >= 0.3 is 5.97 Å². The van der Waals surface area contributed by atoms with Crippen LogP contribution in [0, 0.1) is 0 Å². The van der Waals surface area contributed by atoms with E-state index in [1.54, 1.807) is 7.11 Å². The van der Waals surface area contributed by atoms with Gasteiger partial charge in [-0.2, -0.15) is 0 Å². The minimum absolute atomic E-state index is 0.0554. The van der Waals surface area contributed by atoms with E-state index in [9.17, 15) is 14.7 Å². The molecule has 1 fully saturated rings. The Kier molecular flexibility index (Phi) is 5.33. The molecular weight excluding hydrogens is 228 g/mol. The summed E-state index contributed by atoms with van der Waals surface area (Å²) in [5, 5.41) is 21.1. The maximum absolute atomic E-state index is 11.7. The summed E-state index contributed by atoms with van der Waals surface area (Å²) in [7, 11) is 1.56. The molecular formula is C10H18N2O5. The Labute approximate surface area is 99.4 Å². The van der Waals surface area contributed by atoms with Crippen LogP contribution in [0.5, 0.6) is 0 Å². The van der Waals surface area contributed by atoms with Crippen molar-refractivity contribution < 1.29 is 24.5 Å². The number of aliphatic hydroxyl groups is 1. The fourth-order valence-electron chi connectivity index (χ4n) is 1.79. The maximum Gasteiger partial charge on any atom is 0.326 e. The van der Waals surface area contributed by atoms with Gasteiger partial charge in [0.15, 0.2) is 0 Å². The van der Waals surface area contributed by atoms with Gasteiger partial charge in [0.05, 0.1) is 19.3 Å². The van der Waals surface area contributed by atoms with E-state index in [0.29, 0.717) is 13.2 Å². The van der Waals surface area contributed by atoms with Crippen LogP contribution in [0.1, 0.15) is 6.42 Å². The number of methoxy groups -OCH3 is 1. The lowest BCUT2D eigenvalue weighted by molar-refractivity contribution is -0.147. The molecule has 0 aromatic carbocycles. The van der Waals surface area contributed by atoms with Gasteiger partial charge in [-0.25, -0.2) is 4.79 Å². The van der Waals surface area contributed by atoms with Crippen LogP contribution in [0.4, 0.5) is 0 Å². The van der Waals surface area contributed by atoms with Gasteiger partial charge in [-0.3, -0.25) is 4.79 Å². The van der Waals surface area contributed by atoms with Gasteiger partial charge < -0.3 is 25.2 Å². The largest absolute Gasteiger partial charge is 0.480 e. The van der Waals surface area contributed by atoms with E-state index >= 15 is 0 Å². The molecule has 0 radical (unpaired) electrons. The van der Waals surface area contributed by atoms with Crippen molar-refractivity contribution in [1.82, 2.24) is 10.2 Å². The molecule has 0 saturated carbocycles. The average Bonchev–Trinajstić information content (AvgIpc) is 2.66. The normalized spacial score (nSPS) is 24.0. The molecule has 3 N–H and O–H groups in total. The number of carboxylic acids is 1. The second-order valence-electron chi connectivity index (χ2n) is 3.96. The lowest BCUT2D eigenvalue weighted by atomic mass is 10.2. The monoisotopic (exact) mass is 246 g/mol. The summed E-state index contributed by atoms with van der Waals surface area (Å²) in [5.41, 5.74) is 0. The van der Waals surface area contributed by atoms with Gasteiger partial charge in [0.1, 0.15) is 6.04 Å². The first-order valence-electron chi connectivity index (χ1n) is 5.46. The first-order valence-corrected chi connectivity index (χ1v) is 5.46. The van der Waals surface area contributed by atoms with Crippen molar-refractivity contribution >= 4 is 11.9 Å². The van der Waals surface area contributed by atoms with Crippen molar-refractivity contribution in [3.63, 3.8) is 0 Å². The second-order valence-corrected chi connectivity index (χ2v) is 3.96. The van der Waals surface area contributed by atoms with E-state index in [1.807, 2.05) is 0 Å². The summed E-state index contributed by atoms with van der Waals surface area (Å²) in [5.74, 6) is -1.39. The van der Waals surface area contributed by atoms with Crippen molar-refractivity contribution in [1.29, 1.82) is 0 Å².